The molecule has 1 amide bonds. The standard InChI is InChI=1S/C24H25Cl2N3O2/c1-15(2)31-22-8-6-17(21-14-29-9-3-4-23(29)28-21)12-18(22)13-27-24(30)11-16-5-7-19(25)20(26)10-16/h5-8,10,12,14-15H,3-4,9,11,13H2,1-2H3,(H,27,30). The summed E-state index contributed by atoms with van der Waals surface area (Å²) >= 11 is 12.0. The molecule has 0 atom stereocenters. The number of amides is 1. The molecule has 7 heteroatoms. The molecule has 162 valence electrons. The highest BCUT2D eigenvalue weighted by Crippen LogP contribution is 2.29. The zero-order valence-electron chi connectivity index (χ0n) is 17.6. The predicted octanol–water partition coefficient (Wildman–Crippen LogP) is 5.45. The Morgan fingerprint density at radius 3 is 2.77 bits per heavy atom. The Kier molecular flexibility index (Phi) is 6.54. The smallest absolute Gasteiger partial charge is 0.224 e. The maximum atomic E-state index is 12.5. The molecule has 5 nitrogen and oxygen atoms in total. The normalized spacial score (nSPS) is 12.8. The average molecular weight is 458 g/mol. The molecule has 0 bridgehead atoms. The molecule has 0 saturated carbocycles. The van der Waals surface area contributed by atoms with Gasteiger partial charge in [0, 0.05) is 36.8 Å². The van der Waals surface area contributed by atoms with Crippen LogP contribution < -0.4 is 10.1 Å². The van der Waals surface area contributed by atoms with Gasteiger partial charge >= 0.3 is 0 Å². The third-order valence-corrected chi connectivity index (χ3v) is 5.94. The number of aromatic nitrogens is 2. The Balaban J connectivity index is 1.50. The van der Waals surface area contributed by atoms with E-state index in [2.05, 4.69) is 22.1 Å². The van der Waals surface area contributed by atoms with E-state index in [0.717, 1.165) is 53.3 Å². The fourth-order valence-corrected chi connectivity index (χ4v) is 4.05. The number of nitrogens with zero attached hydrogens (tertiary/aromatic N) is 2. The number of fused-ring (bicyclic) bond motifs is 1. The molecule has 0 saturated heterocycles. The quantitative estimate of drug-likeness (QED) is 0.512. The highest BCUT2D eigenvalue weighted by molar-refractivity contribution is 6.42. The number of hydrogen-bond acceptors (Lipinski definition) is 3. The van der Waals surface area contributed by atoms with Gasteiger partial charge in [-0.25, -0.2) is 4.98 Å². The third kappa shape index (κ3) is 5.23. The third-order valence-electron chi connectivity index (χ3n) is 5.20. The van der Waals surface area contributed by atoms with Crippen molar-refractivity contribution < 1.29 is 9.53 Å². The Labute approximate surface area is 192 Å². The van der Waals surface area contributed by atoms with E-state index in [-0.39, 0.29) is 18.4 Å². The van der Waals surface area contributed by atoms with Crippen molar-refractivity contribution in [2.75, 3.05) is 0 Å². The van der Waals surface area contributed by atoms with Crippen LogP contribution in [0.2, 0.25) is 10.0 Å². The van der Waals surface area contributed by atoms with E-state index in [4.69, 9.17) is 32.9 Å². The molecule has 1 aromatic heterocycles. The van der Waals surface area contributed by atoms with Gasteiger partial charge in [0.25, 0.3) is 0 Å². The van der Waals surface area contributed by atoms with Crippen molar-refractivity contribution in [1.29, 1.82) is 0 Å². The minimum absolute atomic E-state index is 0.0351. The largest absolute Gasteiger partial charge is 0.491 e. The van der Waals surface area contributed by atoms with Crippen LogP contribution in [-0.4, -0.2) is 21.6 Å². The number of nitrogens with one attached hydrogen (secondary N) is 1. The number of imidazole rings is 1. The van der Waals surface area contributed by atoms with Gasteiger partial charge in [0.2, 0.25) is 5.91 Å². The molecule has 2 heterocycles. The van der Waals surface area contributed by atoms with Crippen LogP contribution in [0.25, 0.3) is 11.3 Å². The number of hydrogen-bond donors (Lipinski definition) is 1. The van der Waals surface area contributed by atoms with Gasteiger partial charge in [-0.15, -0.1) is 0 Å². The lowest BCUT2D eigenvalue weighted by atomic mass is 10.1. The van der Waals surface area contributed by atoms with Gasteiger partial charge in [-0.1, -0.05) is 29.3 Å². The Morgan fingerprint density at radius 2 is 2.03 bits per heavy atom. The lowest BCUT2D eigenvalue weighted by Crippen LogP contribution is -2.25. The molecule has 0 radical (unpaired) electrons. The summed E-state index contributed by atoms with van der Waals surface area (Å²) in [4.78, 5) is 17.3. The summed E-state index contributed by atoms with van der Waals surface area (Å²) in [5, 5.41) is 3.91. The lowest BCUT2D eigenvalue weighted by Gasteiger charge is -2.16. The van der Waals surface area contributed by atoms with E-state index >= 15 is 0 Å². The van der Waals surface area contributed by atoms with Gasteiger partial charge in [0.1, 0.15) is 11.6 Å². The van der Waals surface area contributed by atoms with Crippen LogP contribution in [0.5, 0.6) is 5.75 Å². The second-order valence-corrected chi connectivity index (χ2v) is 8.84. The van der Waals surface area contributed by atoms with E-state index in [1.807, 2.05) is 26.0 Å². The predicted molar refractivity (Wildman–Crippen MR) is 124 cm³/mol. The average Bonchev–Trinajstić information content (AvgIpc) is 3.32. The zero-order chi connectivity index (χ0) is 22.0. The van der Waals surface area contributed by atoms with E-state index in [1.54, 1.807) is 18.2 Å². The summed E-state index contributed by atoms with van der Waals surface area (Å²) in [7, 11) is 0. The molecule has 3 aromatic rings. The van der Waals surface area contributed by atoms with E-state index < -0.39 is 0 Å². The minimum Gasteiger partial charge on any atom is -0.491 e. The fraction of sp³-hybridized carbons (Fsp3) is 0.333. The molecule has 0 spiro atoms. The van der Waals surface area contributed by atoms with E-state index in [9.17, 15) is 4.79 Å². The summed E-state index contributed by atoms with van der Waals surface area (Å²) < 4.78 is 8.18. The van der Waals surface area contributed by atoms with Gasteiger partial charge in [0.15, 0.2) is 0 Å². The highest BCUT2D eigenvalue weighted by atomic mass is 35.5. The number of rotatable bonds is 7. The van der Waals surface area contributed by atoms with Crippen LogP contribution in [0, 0.1) is 0 Å². The summed E-state index contributed by atoms with van der Waals surface area (Å²) in [5.74, 6) is 1.80. The molecule has 0 fully saturated rings. The van der Waals surface area contributed by atoms with Gasteiger partial charge in [0.05, 0.1) is 28.3 Å². The van der Waals surface area contributed by atoms with Gasteiger partial charge in [-0.3, -0.25) is 4.79 Å². The number of ether oxygens (including phenoxy) is 1. The highest BCUT2D eigenvalue weighted by Gasteiger charge is 2.16. The maximum Gasteiger partial charge on any atom is 0.224 e. The Bertz CT molecular complexity index is 1090. The number of halogens is 2. The molecular formula is C24H25Cl2N3O2. The molecule has 4 rings (SSSR count). The SMILES string of the molecule is CC(C)Oc1ccc(-c2cn3c(n2)CCC3)cc1CNC(=O)Cc1ccc(Cl)c(Cl)c1. The Hall–Kier alpha value is -2.50. The summed E-state index contributed by atoms with van der Waals surface area (Å²) in [6.45, 7) is 5.36. The molecular weight excluding hydrogens is 433 g/mol. The molecule has 1 N–H and O–H groups in total. The first-order chi connectivity index (χ1) is 14.9. The van der Waals surface area contributed by atoms with E-state index in [0.29, 0.717) is 16.6 Å². The van der Waals surface area contributed by atoms with Crippen LogP contribution in [0.4, 0.5) is 0 Å². The molecule has 31 heavy (non-hydrogen) atoms. The van der Waals surface area contributed by atoms with Crippen molar-refractivity contribution in [3.8, 4) is 17.0 Å². The van der Waals surface area contributed by atoms with Gasteiger partial charge < -0.3 is 14.6 Å². The number of carbonyl (C=O) groups excluding carboxylic acids is 1. The molecule has 0 aliphatic carbocycles. The summed E-state index contributed by atoms with van der Waals surface area (Å²) in [5.41, 5.74) is 3.70. The van der Waals surface area contributed by atoms with Crippen molar-refractivity contribution in [3.63, 3.8) is 0 Å². The topological polar surface area (TPSA) is 56.1 Å². The molecule has 1 aliphatic rings. The van der Waals surface area contributed by atoms with E-state index in [1.165, 1.54) is 0 Å². The molecule has 2 aromatic carbocycles. The fourth-order valence-electron chi connectivity index (χ4n) is 3.73. The Morgan fingerprint density at radius 1 is 1.19 bits per heavy atom. The monoisotopic (exact) mass is 457 g/mol. The van der Waals surface area contributed by atoms with Gasteiger partial charge in [-0.05, 0) is 56.2 Å². The van der Waals surface area contributed by atoms with Crippen molar-refractivity contribution in [2.45, 2.75) is 52.3 Å². The van der Waals surface area contributed by atoms with Crippen molar-refractivity contribution >= 4 is 29.1 Å². The van der Waals surface area contributed by atoms with Crippen molar-refractivity contribution in [2.24, 2.45) is 0 Å². The lowest BCUT2D eigenvalue weighted by molar-refractivity contribution is -0.120. The molecule has 1 aliphatic heterocycles. The first kappa shape index (κ1) is 21.7. The van der Waals surface area contributed by atoms with Crippen LogP contribution in [0.3, 0.4) is 0 Å². The van der Waals surface area contributed by atoms with Gasteiger partial charge in [-0.2, -0.15) is 0 Å². The summed E-state index contributed by atoms with van der Waals surface area (Å²) in [6.07, 6.45) is 4.54. The summed E-state index contributed by atoms with van der Waals surface area (Å²) in [6, 6.07) is 11.3. The zero-order valence-corrected chi connectivity index (χ0v) is 19.1. The van der Waals surface area contributed by atoms with Crippen LogP contribution in [0.15, 0.2) is 42.6 Å². The second-order valence-electron chi connectivity index (χ2n) is 8.03. The van der Waals surface area contributed by atoms with Crippen LogP contribution >= 0.6 is 23.2 Å². The number of carbonyl (C=O) groups is 1. The number of benzene rings is 2. The van der Waals surface area contributed by atoms with Crippen LogP contribution in [0.1, 0.15) is 37.2 Å². The first-order valence-electron chi connectivity index (χ1n) is 10.5. The first-order valence-corrected chi connectivity index (χ1v) is 11.2. The minimum atomic E-state index is -0.0970. The molecule has 0 unspecified atom stereocenters. The second kappa shape index (κ2) is 9.33. The number of aryl methyl sites for hydroxylation is 2. The van der Waals surface area contributed by atoms with Crippen LogP contribution in [-0.2, 0) is 30.7 Å². The van der Waals surface area contributed by atoms with Crippen molar-refractivity contribution in [1.82, 2.24) is 14.9 Å². The maximum absolute atomic E-state index is 12.5. The van der Waals surface area contributed by atoms with Crippen molar-refractivity contribution in [3.05, 3.63) is 69.6 Å².